The number of rotatable bonds is 4. The van der Waals surface area contributed by atoms with Gasteiger partial charge in [0.1, 0.15) is 0 Å². The van der Waals surface area contributed by atoms with Crippen LogP contribution in [0.5, 0.6) is 11.5 Å². The summed E-state index contributed by atoms with van der Waals surface area (Å²) >= 11 is 0. The molecule has 4 nitrogen and oxygen atoms in total. The predicted molar refractivity (Wildman–Crippen MR) is 76.0 cm³/mol. The molecule has 1 unspecified atom stereocenters. The van der Waals surface area contributed by atoms with Crippen molar-refractivity contribution in [2.45, 2.75) is 19.3 Å². The maximum absolute atomic E-state index is 5.42. The molecule has 0 spiro atoms. The molecule has 104 valence electrons. The summed E-state index contributed by atoms with van der Waals surface area (Å²) in [5.74, 6) is 2.54. The molecule has 2 aliphatic heterocycles. The number of nitrogens with zero attached hydrogens (tertiary/aromatic N) is 1. The lowest BCUT2D eigenvalue weighted by Gasteiger charge is -2.26. The first-order chi connectivity index (χ1) is 9.33. The van der Waals surface area contributed by atoms with Crippen LogP contribution >= 0.6 is 0 Å². The van der Waals surface area contributed by atoms with E-state index < -0.39 is 0 Å². The van der Waals surface area contributed by atoms with E-state index in [0.29, 0.717) is 6.79 Å². The van der Waals surface area contributed by atoms with E-state index in [4.69, 9.17) is 9.47 Å². The third-order valence-corrected chi connectivity index (χ3v) is 4.07. The monoisotopic (exact) mass is 262 g/mol. The Bertz CT molecular complexity index is 430. The maximum Gasteiger partial charge on any atom is 0.231 e. The predicted octanol–water partition coefficient (Wildman–Crippen LogP) is 2.24. The smallest absolute Gasteiger partial charge is 0.231 e. The van der Waals surface area contributed by atoms with Gasteiger partial charge in [0.15, 0.2) is 11.5 Å². The van der Waals surface area contributed by atoms with E-state index in [0.717, 1.165) is 24.0 Å². The lowest BCUT2D eigenvalue weighted by Crippen LogP contribution is -2.32. The molecule has 1 atom stereocenters. The number of anilines is 1. The zero-order valence-electron chi connectivity index (χ0n) is 11.5. The fourth-order valence-corrected chi connectivity index (χ4v) is 2.80. The summed E-state index contributed by atoms with van der Waals surface area (Å²) in [5.41, 5.74) is 1.20. The molecule has 0 saturated carbocycles. The summed E-state index contributed by atoms with van der Waals surface area (Å²) in [6, 6.07) is 6.17. The number of fused-ring (bicyclic) bond motifs is 1. The molecule has 1 N–H and O–H groups in total. The second kappa shape index (κ2) is 5.70. The van der Waals surface area contributed by atoms with Gasteiger partial charge in [0.05, 0.1) is 0 Å². The van der Waals surface area contributed by atoms with Crippen molar-refractivity contribution in [1.29, 1.82) is 0 Å². The van der Waals surface area contributed by atoms with E-state index in [9.17, 15) is 0 Å². The van der Waals surface area contributed by atoms with Gasteiger partial charge in [-0.05, 0) is 50.4 Å². The zero-order valence-corrected chi connectivity index (χ0v) is 11.5. The van der Waals surface area contributed by atoms with Gasteiger partial charge in [0, 0.05) is 25.3 Å². The summed E-state index contributed by atoms with van der Waals surface area (Å²) in [6.07, 6.45) is 3.93. The Morgan fingerprint density at radius 3 is 3.05 bits per heavy atom. The SMILES string of the molecule is CN(CCC1CCCNC1)c1ccc2c(c1)OCO2. The van der Waals surface area contributed by atoms with Crippen LogP contribution in [0.3, 0.4) is 0 Å². The van der Waals surface area contributed by atoms with Crippen molar-refractivity contribution in [3.8, 4) is 11.5 Å². The van der Waals surface area contributed by atoms with Crippen molar-refractivity contribution in [2.24, 2.45) is 5.92 Å². The van der Waals surface area contributed by atoms with E-state index in [1.54, 1.807) is 0 Å². The van der Waals surface area contributed by atoms with Crippen LogP contribution in [0.4, 0.5) is 5.69 Å². The molecule has 0 bridgehead atoms. The Morgan fingerprint density at radius 2 is 2.21 bits per heavy atom. The number of hydrogen-bond donors (Lipinski definition) is 1. The van der Waals surface area contributed by atoms with Crippen molar-refractivity contribution in [3.63, 3.8) is 0 Å². The molecule has 0 aromatic heterocycles. The molecule has 0 radical (unpaired) electrons. The van der Waals surface area contributed by atoms with Gasteiger partial charge in [-0.3, -0.25) is 0 Å². The first-order valence-electron chi connectivity index (χ1n) is 7.14. The third-order valence-electron chi connectivity index (χ3n) is 4.07. The second-order valence-electron chi connectivity index (χ2n) is 5.46. The fourth-order valence-electron chi connectivity index (χ4n) is 2.80. The van der Waals surface area contributed by atoms with Crippen LogP contribution in [0.25, 0.3) is 0 Å². The van der Waals surface area contributed by atoms with Gasteiger partial charge in [-0.15, -0.1) is 0 Å². The summed E-state index contributed by atoms with van der Waals surface area (Å²) < 4.78 is 10.8. The van der Waals surface area contributed by atoms with E-state index in [1.165, 1.54) is 38.0 Å². The number of piperidine rings is 1. The van der Waals surface area contributed by atoms with Crippen molar-refractivity contribution >= 4 is 5.69 Å². The van der Waals surface area contributed by atoms with Crippen LogP contribution in [-0.2, 0) is 0 Å². The minimum atomic E-state index is 0.343. The Hall–Kier alpha value is -1.42. The fraction of sp³-hybridized carbons (Fsp3) is 0.600. The lowest BCUT2D eigenvalue weighted by atomic mass is 9.96. The van der Waals surface area contributed by atoms with Crippen molar-refractivity contribution in [2.75, 3.05) is 38.4 Å². The van der Waals surface area contributed by atoms with Gasteiger partial charge in [-0.2, -0.15) is 0 Å². The highest BCUT2D eigenvalue weighted by Crippen LogP contribution is 2.35. The van der Waals surface area contributed by atoms with Gasteiger partial charge in [0.25, 0.3) is 0 Å². The molecule has 3 rings (SSSR count). The minimum absolute atomic E-state index is 0.343. The second-order valence-corrected chi connectivity index (χ2v) is 5.46. The van der Waals surface area contributed by atoms with Crippen LogP contribution in [0.1, 0.15) is 19.3 Å². The molecule has 2 aliphatic rings. The number of nitrogens with one attached hydrogen (secondary N) is 1. The van der Waals surface area contributed by atoms with Gasteiger partial charge >= 0.3 is 0 Å². The van der Waals surface area contributed by atoms with Crippen molar-refractivity contribution < 1.29 is 9.47 Å². The molecule has 1 fully saturated rings. The highest BCUT2D eigenvalue weighted by atomic mass is 16.7. The quantitative estimate of drug-likeness (QED) is 0.902. The maximum atomic E-state index is 5.42. The zero-order chi connectivity index (χ0) is 13.1. The van der Waals surface area contributed by atoms with Crippen LogP contribution in [0, 0.1) is 5.92 Å². The molecule has 4 heteroatoms. The molecule has 0 amide bonds. The average Bonchev–Trinajstić information content (AvgIpc) is 2.93. The van der Waals surface area contributed by atoms with Crippen LogP contribution < -0.4 is 19.7 Å². The standard InChI is InChI=1S/C15H22N2O2/c1-17(8-6-12-3-2-7-16-10-12)13-4-5-14-15(9-13)19-11-18-14/h4-5,9,12,16H,2-3,6-8,10-11H2,1H3. The minimum Gasteiger partial charge on any atom is -0.454 e. The highest BCUT2D eigenvalue weighted by molar-refractivity contribution is 5.56. The molecule has 1 aromatic rings. The molecular weight excluding hydrogens is 240 g/mol. The molecule has 2 heterocycles. The summed E-state index contributed by atoms with van der Waals surface area (Å²) in [7, 11) is 2.15. The van der Waals surface area contributed by atoms with Crippen LogP contribution in [0.15, 0.2) is 18.2 Å². The van der Waals surface area contributed by atoms with E-state index in [-0.39, 0.29) is 0 Å². The highest BCUT2D eigenvalue weighted by Gasteiger charge is 2.16. The first kappa shape index (κ1) is 12.6. The van der Waals surface area contributed by atoms with Crippen LogP contribution in [0.2, 0.25) is 0 Å². The van der Waals surface area contributed by atoms with Crippen molar-refractivity contribution in [3.05, 3.63) is 18.2 Å². The van der Waals surface area contributed by atoms with E-state index >= 15 is 0 Å². The Balaban J connectivity index is 1.56. The normalized spacial score (nSPS) is 21.4. The Labute approximate surface area is 114 Å². The van der Waals surface area contributed by atoms with Crippen LogP contribution in [-0.4, -0.2) is 33.5 Å². The van der Waals surface area contributed by atoms with E-state index in [1.807, 2.05) is 6.07 Å². The van der Waals surface area contributed by atoms with Gasteiger partial charge in [-0.25, -0.2) is 0 Å². The topological polar surface area (TPSA) is 33.7 Å². The van der Waals surface area contributed by atoms with E-state index in [2.05, 4.69) is 29.4 Å². The lowest BCUT2D eigenvalue weighted by molar-refractivity contribution is 0.174. The largest absolute Gasteiger partial charge is 0.454 e. The molecular formula is C15H22N2O2. The number of ether oxygens (including phenoxy) is 2. The Kier molecular flexibility index (Phi) is 3.78. The van der Waals surface area contributed by atoms with Gasteiger partial charge < -0.3 is 19.7 Å². The average molecular weight is 262 g/mol. The van der Waals surface area contributed by atoms with Gasteiger partial charge in [-0.1, -0.05) is 0 Å². The Morgan fingerprint density at radius 1 is 1.32 bits per heavy atom. The number of benzene rings is 1. The molecule has 1 saturated heterocycles. The van der Waals surface area contributed by atoms with Crippen molar-refractivity contribution in [1.82, 2.24) is 5.32 Å². The molecule has 0 aliphatic carbocycles. The van der Waals surface area contributed by atoms with Gasteiger partial charge in [0.2, 0.25) is 6.79 Å². The summed E-state index contributed by atoms with van der Waals surface area (Å²) in [6.45, 7) is 3.80. The summed E-state index contributed by atoms with van der Waals surface area (Å²) in [5, 5.41) is 3.48. The molecule has 1 aromatic carbocycles. The molecule has 19 heavy (non-hydrogen) atoms. The summed E-state index contributed by atoms with van der Waals surface area (Å²) in [4.78, 5) is 2.30. The first-order valence-corrected chi connectivity index (χ1v) is 7.14. The third kappa shape index (κ3) is 2.95. The number of hydrogen-bond acceptors (Lipinski definition) is 4.